The number of hydrogen-bond acceptors (Lipinski definition) is 5. The molecule has 0 atom stereocenters. The van der Waals surface area contributed by atoms with Crippen LogP contribution in [0.25, 0.3) is 0 Å². The van der Waals surface area contributed by atoms with Crippen LogP contribution in [0.15, 0.2) is 46.0 Å². The first kappa shape index (κ1) is 18.1. The van der Waals surface area contributed by atoms with Crippen molar-refractivity contribution < 1.29 is 14.2 Å². The van der Waals surface area contributed by atoms with Crippen LogP contribution in [0, 0.1) is 0 Å². The van der Waals surface area contributed by atoms with Crippen LogP contribution in [0.1, 0.15) is 18.1 Å². The Bertz CT molecular complexity index is 705. The van der Waals surface area contributed by atoms with Crippen molar-refractivity contribution in [3.8, 4) is 17.2 Å². The lowest BCUT2D eigenvalue weighted by atomic mass is 10.2. The molecule has 0 spiro atoms. The highest BCUT2D eigenvalue weighted by Gasteiger charge is 2.10. The Morgan fingerprint density at radius 2 is 1.92 bits per heavy atom. The normalized spacial score (nSPS) is 10.7. The summed E-state index contributed by atoms with van der Waals surface area (Å²) in [6, 6.07) is 11.7. The van der Waals surface area contributed by atoms with Crippen LogP contribution in [-0.2, 0) is 6.54 Å². The highest BCUT2D eigenvalue weighted by molar-refractivity contribution is 9.10. The largest absolute Gasteiger partial charge is 0.496 e. The van der Waals surface area contributed by atoms with Crippen LogP contribution in [-0.4, -0.2) is 27.0 Å². The van der Waals surface area contributed by atoms with E-state index in [1.165, 1.54) is 0 Å². The van der Waals surface area contributed by atoms with Crippen molar-refractivity contribution in [3.63, 3.8) is 0 Å². The Balaban J connectivity index is 2.06. The number of hydrogen-bond donors (Lipinski definition) is 1. The monoisotopic (exact) mass is 392 g/mol. The highest BCUT2D eigenvalue weighted by atomic mass is 79.9. The summed E-state index contributed by atoms with van der Waals surface area (Å²) in [4.78, 5) is 0. The first-order valence-electron chi connectivity index (χ1n) is 7.57. The molecule has 5 nitrogen and oxygen atoms in total. The molecule has 0 bridgehead atoms. The zero-order valence-corrected chi connectivity index (χ0v) is 15.6. The third kappa shape index (κ3) is 4.64. The fourth-order valence-electron chi connectivity index (χ4n) is 2.22. The second-order valence-electron chi connectivity index (χ2n) is 4.87. The minimum Gasteiger partial charge on any atom is -0.496 e. The van der Waals surface area contributed by atoms with Gasteiger partial charge in [0, 0.05) is 5.56 Å². The predicted molar refractivity (Wildman–Crippen MR) is 99.3 cm³/mol. The SMILES string of the molecule is CCOc1cc(/C=N\NCc2ccccc2OC)cc(Br)c1OC. The van der Waals surface area contributed by atoms with Gasteiger partial charge >= 0.3 is 0 Å². The maximum Gasteiger partial charge on any atom is 0.174 e. The van der Waals surface area contributed by atoms with Gasteiger partial charge in [0.05, 0.1) is 38.1 Å². The number of para-hydroxylation sites is 1. The molecule has 2 aromatic rings. The smallest absolute Gasteiger partial charge is 0.174 e. The summed E-state index contributed by atoms with van der Waals surface area (Å²) in [5.41, 5.74) is 4.97. The molecule has 128 valence electrons. The number of nitrogens with zero attached hydrogens (tertiary/aromatic N) is 1. The van der Waals surface area contributed by atoms with Crippen molar-refractivity contribution in [3.05, 3.63) is 52.0 Å². The molecule has 0 fully saturated rings. The van der Waals surface area contributed by atoms with Gasteiger partial charge in [0.25, 0.3) is 0 Å². The number of nitrogens with one attached hydrogen (secondary N) is 1. The fraction of sp³-hybridized carbons (Fsp3) is 0.278. The van der Waals surface area contributed by atoms with Gasteiger partial charge < -0.3 is 19.6 Å². The van der Waals surface area contributed by atoms with E-state index in [-0.39, 0.29) is 0 Å². The Labute approximate surface area is 150 Å². The van der Waals surface area contributed by atoms with E-state index in [9.17, 15) is 0 Å². The summed E-state index contributed by atoms with van der Waals surface area (Å²) in [7, 11) is 3.28. The lowest BCUT2D eigenvalue weighted by Gasteiger charge is -2.12. The molecule has 0 amide bonds. The highest BCUT2D eigenvalue weighted by Crippen LogP contribution is 2.36. The van der Waals surface area contributed by atoms with Crippen molar-refractivity contribution in [2.24, 2.45) is 5.10 Å². The Morgan fingerprint density at radius 3 is 2.62 bits per heavy atom. The lowest BCUT2D eigenvalue weighted by molar-refractivity contribution is 0.310. The van der Waals surface area contributed by atoms with Crippen LogP contribution in [0.3, 0.4) is 0 Å². The van der Waals surface area contributed by atoms with E-state index in [1.54, 1.807) is 20.4 Å². The fourth-order valence-corrected chi connectivity index (χ4v) is 2.85. The molecule has 0 saturated carbocycles. The molecule has 0 radical (unpaired) electrons. The third-order valence-electron chi connectivity index (χ3n) is 3.30. The van der Waals surface area contributed by atoms with Gasteiger partial charge in [-0.15, -0.1) is 0 Å². The number of ether oxygens (including phenoxy) is 3. The van der Waals surface area contributed by atoms with Crippen LogP contribution in [0.4, 0.5) is 0 Å². The average Bonchev–Trinajstić information content (AvgIpc) is 2.59. The maximum atomic E-state index is 5.60. The van der Waals surface area contributed by atoms with Gasteiger partial charge in [0.1, 0.15) is 5.75 Å². The topological polar surface area (TPSA) is 52.1 Å². The second-order valence-corrected chi connectivity index (χ2v) is 5.73. The summed E-state index contributed by atoms with van der Waals surface area (Å²) in [5, 5.41) is 4.26. The number of benzene rings is 2. The number of hydrazone groups is 1. The van der Waals surface area contributed by atoms with Crippen molar-refractivity contribution in [1.82, 2.24) is 5.43 Å². The molecule has 2 aromatic carbocycles. The van der Waals surface area contributed by atoms with Crippen LogP contribution < -0.4 is 19.6 Å². The number of methoxy groups -OCH3 is 2. The molecule has 0 unspecified atom stereocenters. The second kappa shape index (κ2) is 9.17. The summed E-state index contributed by atoms with van der Waals surface area (Å²) in [5.74, 6) is 2.20. The quantitative estimate of drug-likeness (QED) is 0.544. The van der Waals surface area contributed by atoms with Gasteiger partial charge in [-0.1, -0.05) is 18.2 Å². The Morgan fingerprint density at radius 1 is 1.12 bits per heavy atom. The van der Waals surface area contributed by atoms with E-state index in [1.807, 2.05) is 43.3 Å². The first-order valence-corrected chi connectivity index (χ1v) is 8.37. The minimum atomic E-state index is 0.565. The molecule has 0 aromatic heterocycles. The van der Waals surface area contributed by atoms with Gasteiger partial charge in [-0.3, -0.25) is 0 Å². The van der Waals surface area contributed by atoms with E-state index < -0.39 is 0 Å². The summed E-state index contributed by atoms with van der Waals surface area (Å²) >= 11 is 3.49. The van der Waals surface area contributed by atoms with Gasteiger partial charge in [0.2, 0.25) is 0 Å². The molecular weight excluding hydrogens is 372 g/mol. The molecule has 1 N–H and O–H groups in total. The number of rotatable bonds is 8. The maximum absolute atomic E-state index is 5.60. The van der Waals surface area contributed by atoms with Crippen molar-refractivity contribution in [2.75, 3.05) is 20.8 Å². The van der Waals surface area contributed by atoms with Crippen molar-refractivity contribution in [2.45, 2.75) is 13.5 Å². The molecular formula is C18H21BrN2O3. The molecule has 0 saturated heterocycles. The minimum absolute atomic E-state index is 0.565. The Kier molecular flexibility index (Phi) is 6.93. The third-order valence-corrected chi connectivity index (χ3v) is 3.89. The molecule has 0 heterocycles. The first-order chi connectivity index (χ1) is 11.7. The van der Waals surface area contributed by atoms with Crippen LogP contribution >= 0.6 is 15.9 Å². The van der Waals surface area contributed by atoms with E-state index in [0.717, 1.165) is 21.3 Å². The predicted octanol–water partition coefficient (Wildman–Crippen LogP) is 3.99. The van der Waals surface area contributed by atoms with Gasteiger partial charge in [-0.05, 0) is 46.6 Å². The van der Waals surface area contributed by atoms with Gasteiger partial charge in [0.15, 0.2) is 11.5 Å². The van der Waals surface area contributed by atoms with E-state index in [2.05, 4.69) is 26.5 Å². The van der Waals surface area contributed by atoms with Gasteiger partial charge in [-0.2, -0.15) is 5.10 Å². The molecule has 0 aliphatic carbocycles. The number of halogens is 1. The Hall–Kier alpha value is -2.21. The van der Waals surface area contributed by atoms with Crippen LogP contribution in [0.2, 0.25) is 0 Å². The lowest BCUT2D eigenvalue weighted by Crippen LogP contribution is -2.07. The van der Waals surface area contributed by atoms with E-state index in [4.69, 9.17) is 14.2 Å². The molecule has 24 heavy (non-hydrogen) atoms. The molecule has 0 aliphatic heterocycles. The zero-order valence-electron chi connectivity index (χ0n) is 14.0. The van der Waals surface area contributed by atoms with Crippen molar-refractivity contribution >= 4 is 22.1 Å². The summed E-state index contributed by atoms with van der Waals surface area (Å²) in [6.45, 7) is 3.08. The summed E-state index contributed by atoms with van der Waals surface area (Å²) in [6.07, 6.45) is 1.74. The van der Waals surface area contributed by atoms with E-state index in [0.29, 0.717) is 24.7 Å². The molecule has 6 heteroatoms. The molecule has 2 rings (SSSR count). The average molecular weight is 393 g/mol. The standard InChI is InChI=1S/C18H21BrN2O3/c1-4-24-17-10-13(9-15(19)18(17)23-3)11-20-21-12-14-7-5-6-8-16(14)22-2/h5-11,21H,4,12H2,1-3H3/b20-11-. The zero-order chi connectivity index (χ0) is 17.4. The van der Waals surface area contributed by atoms with Crippen molar-refractivity contribution in [1.29, 1.82) is 0 Å². The van der Waals surface area contributed by atoms with E-state index >= 15 is 0 Å². The van der Waals surface area contributed by atoms with Crippen LogP contribution in [0.5, 0.6) is 17.2 Å². The van der Waals surface area contributed by atoms with Gasteiger partial charge in [-0.25, -0.2) is 0 Å². The molecule has 0 aliphatic rings. The summed E-state index contributed by atoms with van der Waals surface area (Å²) < 4.78 is 17.1.